The van der Waals surface area contributed by atoms with Gasteiger partial charge >= 0.3 is 6.09 Å². The molecule has 1 heterocycles. The lowest BCUT2D eigenvalue weighted by Crippen LogP contribution is -2.50. The number of halogens is 1. The average molecular weight is 547 g/mol. The van der Waals surface area contributed by atoms with Crippen LogP contribution in [0.2, 0.25) is 5.02 Å². The Hall–Kier alpha value is -3.28. The van der Waals surface area contributed by atoms with Gasteiger partial charge in [-0.25, -0.2) is 4.79 Å². The average Bonchev–Trinajstić information content (AvgIpc) is 2.93. The number of benzene rings is 3. The second kappa shape index (κ2) is 13.2. The lowest BCUT2D eigenvalue weighted by molar-refractivity contribution is 0.0137. The van der Waals surface area contributed by atoms with Gasteiger partial charge in [0.2, 0.25) is 0 Å². The summed E-state index contributed by atoms with van der Waals surface area (Å²) in [5.74, 6) is 0.847. The quantitative estimate of drug-likeness (QED) is 0.272. The summed E-state index contributed by atoms with van der Waals surface area (Å²) in [5.41, 5.74) is 5.52. The molecule has 1 aliphatic rings. The molecule has 0 spiro atoms. The van der Waals surface area contributed by atoms with Gasteiger partial charge in [0, 0.05) is 37.7 Å². The molecule has 3 aromatic carbocycles. The minimum absolute atomic E-state index is 0.232. The van der Waals surface area contributed by atoms with Gasteiger partial charge in [0.15, 0.2) is 0 Å². The standard InChI is InChI=1S/C33H39ClN2O3/c1-5-30(25-9-7-6-8-10-25)31(26-11-15-28(34)16-12-26)27-13-17-29(18-14-27)38-24-23-35-19-21-36(22-20-35)32(37)39-33(2,3)4/h6-18H,5,19-24H2,1-4H3/b31-30+. The molecule has 0 N–H and O–H groups in total. The van der Waals surface area contributed by atoms with Crippen LogP contribution in [0.4, 0.5) is 4.79 Å². The summed E-state index contributed by atoms with van der Waals surface area (Å²) in [6.07, 6.45) is 0.672. The van der Waals surface area contributed by atoms with E-state index in [2.05, 4.69) is 60.4 Å². The Balaban J connectivity index is 1.39. The van der Waals surface area contributed by atoms with Crippen LogP contribution in [0.25, 0.3) is 11.1 Å². The van der Waals surface area contributed by atoms with Gasteiger partial charge < -0.3 is 14.4 Å². The molecule has 0 unspecified atom stereocenters. The Bertz CT molecular complexity index is 1240. The molecule has 0 radical (unpaired) electrons. The molecule has 3 aromatic rings. The van der Waals surface area contributed by atoms with Crippen molar-refractivity contribution in [3.05, 3.63) is 101 Å². The fraction of sp³-hybridized carbons (Fsp3) is 0.364. The number of amides is 1. The zero-order valence-electron chi connectivity index (χ0n) is 23.5. The highest BCUT2D eigenvalue weighted by molar-refractivity contribution is 6.30. The van der Waals surface area contributed by atoms with E-state index in [1.165, 1.54) is 16.7 Å². The zero-order chi connectivity index (χ0) is 27.8. The van der Waals surface area contributed by atoms with Crippen molar-refractivity contribution in [2.45, 2.75) is 39.7 Å². The summed E-state index contributed by atoms with van der Waals surface area (Å²) in [4.78, 5) is 16.4. The number of rotatable bonds is 8. The highest BCUT2D eigenvalue weighted by atomic mass is 35.5. The van der Waals surface area contributed by atoms with E-state index in [1.807, 2.05) is 51.1 Å². The fourth-order valence-electron chi connectivity index (χ4n) is 4.79. The van der Waals surface area contributed by atoms with Crippen molar-refractivity contribution in [3.8, 4) is 5.75 Å². The Morgan fingerprint density at radius 2 is 1.41 bits per heavy atom. The molecular formula is C33H39ClN2O3. The maximum Gasteiger partial charge on any atom is 0.410 e. The Kier molecular flexibility index (Phi) is 9.71. The third-order valence-electron chi connectivity index (χ3n) is 6.75. The number of hydrogen-bond donors (Lipinski definition) is 0. The van der Waals surface area contributed by atoms with Crippen LogP contribution in [0.1, 0.15) is 50.8 Å². The molecule has 0 bridgehead atoms. The summed E-state index contributed by atoms with van der Waals surface area (Å²) >= 11 is 6.20. The maximum atomic E-state index is 12.3. The summed E-state index contributed by atoms with van der Waals surface area (Å²) in [6, 6.07) is 27.0. The van der Waals surface area contributed by atoms with Crippen LogP contribution in [0.5, 0.6) is 5.75 Å². The molecule has 4 rings (SSSR count). The number of ether oxygens (including phenoxy) is 2. The zero-order valence-corrected chi connectivity index (χ0v) is 24.2. The number of hydrogen-bond acceptors (Lipinski definition) is 4. The second-order valence-corrected chi connectivity index (χ2v) is 11.2. The highest BCUT2D eigenvalue weighted by Crippen LogP contribution is 2.35. The molecule has 1 aliphatic heterocycles. The van der Waals surface area contributed by atoms with Crippen molar-refractivity contribution in [1.29, 1.82) is 0 Å². The van der Waals surface area contributed by atoms with Crippen LogP contribution in [-0.4, -0.2) is 60.8 Å². The van der Waals surface area contributed by atoms with Gasteiger partial charge in [-0.2, -0.15) is 0 Å². The van der Waals surface area contributed by atoms with Crippen LogP contribution in [0.3, 0.4) is 0 Å². The number of carbonyl (C=O) groups excluding carboxylic acids is 1. The van der Waals surface area contributed by atoms with Crippen molar-refractivity contribution < 1.29 is 14.3 Å². The maximum absolute atomic E-state index is 12.3. The Morgan fingerprint density at radius 3 is 1.97 bits per heavy atom. The van der Waals surface area contributed by atoms with Gasteiger partial charge in [0.05, 0.1) is 0 Å². The fourth-order valence-corrected chi connectivity index (χ4v) is 4.91. The van der Waals surface area contributed by atoms with Crippen molar-refractivity contribution in [2.24, 2.45) is 0 Å². The summed E-state index contributed by atoms with van der Waals surface area (Å²) in [5, 5.41) is 0.728. The molecule has 1 fully saturated rings. The third kappa shape index (κ3) is 8.11. The predicted molar refractivity (Wildman–Crippen MR) is 160 cm³/mol. The van der Waals surface area contributed by atoms with E-state index in [1.54, 1.807) is 4.90 Å². The molecule has 0 atom stereocenters. The second-order valence-electron chi connectivity index (χ2n) is 10.8. The van der Waals surface area contributed by atoms with E-state index in [0.29, 0.717) is 19.7 Å². The van der Waals surface area contributed by atoms with Gasteiger partial charge in [-0.1, -0.05) is 73.1 Å². The molecule has 0 aromatic heterocycles. The van der Waals surface area contributed by atoms with Crippen LogP contribution in [0.15, 0.2) is 78.9 Å². The van der Waals surface area contributed by atoms with Crippen molar-refractivity contribution in [2.75, 3.05) is 39.3 Å². The molecular weight excluding hydrogens is 508 g/mol. The molecule has 6 heteroatoms. The molecule has 206 valence electrons. The van der Waals surface area contributed by atoms with Gasteiger partial charge in [0.1, 0.15) is 18.0 Å². The third-order valence-corrected chi connectivity index (χ3v) is 7.01. The van der Waals surface area contributed by atoms with Crippen LogP contribution >= 0.6 is 11.6 Å². The molecule has 1 saturated heterocycles. The molecule has 1 amide bonds. The predicted octanol–water partition coefficient (Wildman–Crippen LogP) is 7.64. The SMILES string of the molecule is CC/C(=C(/c1ccc(Cl)cc1)c1ccc(OCCN2CCN(C(=O)OC(C)(C)C)CC2)cc1)c1ccccc1. The monoisotopic (exact) mass is 546 g/mol. The first-order chi connectivity index (χ1) is 18.7. The van der Waals surface area contributed by atoms with E-state index in [4.69, 9.17) is 21.1 Å². The van der Waals surface area contributed by atoms with E-state index < -0.39 is 5.60 Å². The van der Waals surface area contributed by atoms with E-state index in [-0.39, 0.29) is 6.09 Å². The minimum Gasteiger partial charge on any atom is -0.492 e. The number of allylic oxidation sites excluding steroid dienone is 1. The van der Waals surface area contributed by atoms with E-state index in [0.717, 1.165) is 48.0 Å². The first-order valence-corrected chi connectivity index (χ1v) is 14.1. The number of piperazine rings is 1. The van der Waals surface area contributed by atoms with Crippen LogP contribution in [0, 0.1) is 0 Å². The first-order valence-electron chi connectivity index (χ1n) is 13.7. The number of carbonyl (C=O) groups is 1. The summed E-state index contributed by atoms with van der Waals surface area (Å²) in [7, 11) is 0. The topological polar surface area (TPSA) is 42.0 Å². The smallest absolute Gasteiger partial charge is 0.410 e. The van der Waals surface area contributed by atoms with E-state index in [9.17, 15) is 4.79 Å². The van der Waals surface area contributed by atoms with Crippen molar-refractivity contribution >= 4 is 28.8 Å². The molecule has 0 saturated carbocycles. The molecule has 0 aliphatic carbocycles. The van der Waals surface area contributed by atoms with Gasteiger partial charge in [0.25, 0.3) is 0 Å². The van der Waals surface area contributed by atoms with Crippen molar-refractivity contribution in [3.63, 3.8) is 0 Å². The molecule has 5 nitrogen and oxygen atoms in total. The molecule has 39 heavy (non-hydrogen) atoms. The van der Waals surface area contributed by atoms with Gasteiger partial charge in [-0.15, -0.1) is 0 Å². The largest absolute Gasteiger partial charge is 0.492 e. The first kappa shape index (κ1) is 28.7. The Morgan fingerprint density at radius 1 is 0.821 bits per heavy atom. The lowest BCUT2D eigenvalue weighted by Gasteiger charge is -2.35. The summed E-state index contributed by atoms with van der Waals surface area (Å²) in [6.45, 7) is 12.3. The minimum atomic E-state index is -0.470. The normalized spacial score (nSPS) is 15.1. The van der Waals surface area contributed by atoms with E-state index >= 15 is 0 Å². The van der Waals surface area contributed by atoms with Crippen LogP contribution in [-0.2, 0) is 4.74 Å². The summed E-state index contributed by atoms with van der Waals surface area (Å²) < 4.78 is 11.6. The van der Waals surface area contributed by atoms with Crippen LogP contribution < -0.4 is 4.74 Å². The lowest BCUT2D eigenvalue weighted by atomic mass is 9.88. The van der Waals surface area contributed by atoms with Gasteiger partial charge in [-0.3, -0.25) is 4.90 Å². The van der Waals surface area contributed by atoms with Gasteiger partial charge in [-0.05, 0) is 79.3 Å². The Labute approximate surface area is 238 Å². The van der Waals surface area contributed by atoms with Crippen molar-refractivity contribution in [1.82, 2.24) is 9.80 Å². The highest BCUT2D eigenvalue weighted by Gasteiger charge is 2.25. The number of nitrogens with zero attached hydrogens (tertiary/aromatic N) is 2.